The van der Waals surface area contributed by atoms with Crippen molar-refractivity contribution in [2.24, 2.45) is 5.92 Å². The number of halogens is 2. The maximum atomic E-state index is 6.07. The third-order valence-electron chi connectivity index (χ3n) is 3.83. The molecule has 19 heavy (non-hydrogen) atoms. The molecule has 0 bridgehead atoms. The second kappa shape index (κ2) is 6.83. The smallest absolute Gasteiger partial charge is 0.0637 e. The van der Waals surface area contributed by atoms with Gasteiger partial charge in [-0.25, -0.2) is 0 Å². The van der Waals surface area contributed by atoms with Gasteiger partial charge >= 0.3 is 0 Å². The van der Waals surface area contributed by atoms with Crippen molar-refractivity contribution in [3.8, 4) is 0 Å². The molecule has 1 aliphatic carbocycles. The molecule has 1 saturated carbocycles. The first-order chi connectivity index (χ1) is 9.17. The van der Waals surface area contributed by atoms with Gasteiger partial charge in [0.2, 0.25) is 0 Å². The highest BCUT2D eigenvalue weighted by atomic mass is 35.5. The van der Waals surface area contributed by atoms with Crippen molar-refractivity contribution in [1.82, 2.24) is 0 Å². The predicted octanol–water partition coefficient (Wildman–Crippen LogP) is 4.33. The normalized spacial score (nSPS) is 16.4. The summed E-state index contributed by atoms with van der Waals surface area (Å²) in [5.41, 5.74) is 2.29. The van der Waals surface area contributed by atoms with Gasteiger partial charge in [0.15, 0.2) is 0 Å². The maximum Gasteiger partial charge on any atom is 0.0637 e. The minimum Gasteiger partial charge on any atom is -0.383 e. The van der Waals surface area contributed by atoms with E-state index in [1.807, 2.05) is 12.1 Å². The summed E-state index contributed by atoms with van der Waals surface area (Å²) in [5, 5.41) is 0.741. The molecule has 1 unspecified atom stereocenters. The van der Waals surface area contributed by atoms with Crippen LogP contribution >= 0.6 is 23.2 Å². The van der Waals surface area contributed by atoms with Gasteiger partial charge in [0.25, 0.3) is 0 Å². The molecule has 0 aliphatic heterocycles. The van der Waals surface area contributed by atoms with Crippen molar-refractivity contribution >= 4 is 28.9 Å². The van der Waals surface area contributed by atoms with Gasteiger partial charge in [0.1, 0.15) is 0 Å². The van der Waals surface area contributed by atoms with E-state index < -0.39 is 0 Å². The lowest BCUT2D eigenvalue weighted by atomic mass is 10.1. The topological polar surface area (TPSA) is 12.5 Å². The first-order valence-corrected chi connectivity index (χ1v) is 7.68. The average molecular weight is 302 g/mol. The Hall–Kier alpha value is -0.440. The zero-order valence-corrected chi connectivity index (χ0v) is 13.0. The molecular weight excluding hydrogens is 281 g/mol. The van der Waals surface area contributed by atoms with Gasteiger partial charge in [0, 0.05) is 36.3 Å². The molecule has 0 aromatic heterocycles. The van der Waals surface area contributed by atoms with Crippen molar-refractivity contribution in [2.45, 2.75) is 31.7 Å². The van der Waals surface area contributed by atoms with Crippen molar-refractivity contribution in [1.29, 1.82) is 0 Å². The lowest BCUT2D eigenvalue weighted by Gasteiger charge is -2.33. The second-order valence-electron chi connectivity index (χ2n) is 5.17. The molecule has 0 saturated heterocycles. The van der Waals surface area contributed by atoms with E-state index in [0.29, 0.717) is 11.9 Å². The Bertz CT molecular complexity index is 421. The minimum atomic E-state index is 0.483. The number of benzene rings is 1. The van der Waals surface area contributed by atoms with E-state index in [2.05, 4.69) is 17.9 Å². The largest absolute Gasteiger partial charge is 0.383 e. The Morgan fingerprint density at radius 3 is 2.74 bits per heavy atom. The van der Waals surface area contributed by atoms with Gasteiger partial charge in [-0.1, -0.05) is 11.6 Å². The summed E-state index contributed by atoms with van der Waals surface area (Å²) in [6.45, 7) is 3.90. The summed E-state index contributed by atoms with van der Waals surface area (Å²) >= 11 is 12.1. The molecule has 1 aromatic carbocycles. The number of ether oxygens (including phenoxy) is 1. The molecule has 1 fully saturated rings. The molecule has 0 radical (unpaired) electrons. The predicted molar refractivity (Wildman–Crippen MR) is 82.4 cm³/mol. The summed E-state index contributed by atoms with van der Waals surface area (Å²) in [5.74, 6) is 1.28. The van der Waals surface area contributed by atoms with E-state index in [9.17, 15) is 0 Å². The molecule has 2 rings (SSSR count). The Morgan fingerprint density at radius 1 is 1.42 bits per heavy atom. The number of alkyl halides is 1. The van der Waals surface area contributed by atoms with Crippen LogP contribution in [0.5, 0.6) is 0 Å². The van der Waals surface area contributed by atoms with Crippen molar-refractivity contribution in [3.05, 3.63) is 28.8 Å². The van der Waals surface area contributed by atoms with Crippen LogP contribution in [0.4, 0.5) is 5.69 Å². The molecule has 0 heterocycles. The second-order valence-corrected chi connectivity index (χ2v) is 5.87. The summed E-state index contributed by atoms with van der Waals surface area (Å²) in [6.07, 6.45) is 2.66. The van der Waals surface area contributed by atoms with Crippen LogP contribution in [0.25, 0.3) is 0 Å². The third kappa shape index (κ3) is 3.77. The standard InChI is InChI=1S/C15H21Cl2NO/c1-11(12-3-4-12)18(7-8-19-2)15-6-5-14(17)9-13(15)10-16/h5-6,9,11-12H,3-4,7-8,10H2,1-2H3. The molecule has 2 nitrogen and oxygen atoms in total. The van der Waals surface area contributed by atoms with Gasteiger partial charge in [-0.05, 0) is 49.4 Å². The number of nitrogens with zero attached hydrogens (tertiary/aromatic N) is 1. The lowest BCUT2D eigenvalue weighted by Crippen LogP contribution is -2.37. The SMILES string of the molecule is COCCN(c1ccc(Cl)cc1CCl)C(C)C1CC1. The van der Waals surface area contributed by atoms with E-state index in [4.69, 9.17) is 27.9 Å². The monoisotopic (exact) mass is 301 g/mol. The molecule has 1 aromatic rings. The first-order valence-electron chi connectivity index (χ1n) is 6.77. The summed E-state index contributed by atoms with van der Waals surface area (Å²) in [6, 6.07) is 6.50. The quantitative estimate of drug-likeness (QED) is 0.695. The van der Waals surface area contributed by atoms with E-state index in [0.717, 1.165) is 29.7 Å². The molecule has 0 spiro atoms. The summed E-state index contributed by atoms with van der Waals surface area (Å²) in [4.78, 5) is 2.41. The molecule has 1 atom stereocenters. The van der Waals surface area contributed by atoms with Crippen molar-refractivity contribution < 1.29 is 4.74 Å². The van der Waals surface area contributed by atoms with Crippen LogP contribution in [-0.4, -0.2) is 26.3 Å². The fraction of sp³-hybridized carbons (Fsp3) is 0.600. The van der Waals surface area contributed by atoms with Crippen LogP contribution in [0.15, 0.2) is 18.2 Å². The third-order valence-corrected chi connectivity index (χ3v) is 4.35. The van der Waals surface area contributed by atoms with Crippen LogP contribution < -0.4 is 4.90 Å². The first kappa shape index (κ1) is 15.0. The van der Waals surface area contributed by atoms with Gasteiger partial charge in [-0.15, -0.1) is 11.6 Å². The van der Waals surface area contributed by atoms with E-state index in [1.54, 1.807) is 7.11 Å². The van der Waals surface area contributed by atoms with Crippen LogP contribution in [0.3, 0.4) is 0 Å². The Morgan fingerprint density at radius 2 is 2.16 bits per heavy atom. The fourth-order valence-electron chi connectivity index (χ4n) is 2.51. The Labute approximate surface area is 125 Å². The highest BCUT2D eigenvalue weighted by Gasteiger charge is 2.32. The Balaban J connectivity index is 2.25. The molecule has 106 valence electrons. The molecular formula is C15H21Cl2NO. The number of methoxy groups -OCH3 is 1. The molecule has 0 N–H and O–H groups in total. The van der Waals surface area contributed by atoms with E-state index in [-0.39, 0.29) is 0 Å². The van der Waals surface area contributed by atoms with Crippen LogP contribution in [0.1, 0.15) is 25.3 Å². The lowest BCUT2D eigenvalue weighted by molar-refractivity contribution is 0.202. The number of anilines is 1. The van der Waals surface area contributed by atoms with Crippen molar-refractivity contribution in [2.75, 3.05) is 25.2 Å². The number of hydrogen-bond acceptors (Lipinski definition) is 2. The van der Waals surface area contributed by atoms with E-state index in [1.165, 1.54) is 18.5 Å². The van der Waals surface area contributed by atoms with Crippen molar-refractivity contribution in [3.63, 3.8) is 0 Å². The Kier molecular flexibility index (Phi) is 5.37. The van der Waals surface area contributed by atoms with Gasteiger partial charge in [0.05, 0.1) is 6.61 Å². The molecule has 1 aliphatic rings. The van der Waals surface area contributed by atoms with Gasteiger partial charge < -0.3 is 9.64 Å². The maximum absolute atomic E-state index is 6.07. The van der Waals surface area contributed by atoms with Crippen LogP contribution in [0.2, 0.25) is 5.02 Å². The zero-order valence-electron chi connectivity index (χ0n) is 11.5. The van der Waals surface area contributed by atoms with Gasteiger partial charge in [-0.2, -0.15) is 0 Å². The summed E-state index contributed by atoms with van der Waals surface area (Å²) < 4.78 is 5.24. The zero-order chi connectivity index (χ0) is 13.8. The van der Waals surface area contributed by atoms with Gasteiger partial charge in [-0.3, -0.25) is 0 Å². The molecule has 4 heteroatoms. The number of hydrogen-bond donors (Lipinski definition) is 0. The number of rotatable bonds is 7. The van der Waals surface area contributed by atoms with Crippen LogP contribution in [0, 0.1) is 5.92 Å². The summed E-state index contributed by atoms with van der Waals surface area (Å²) in [7, 11) is 1.74. The van der Waals surface area contributed by atoms with Crippen LogP contribution in [-0.2, 0) is 10.6 Å². The average Bonchev–Trinajstić information content (AvgIpc) is 3.24. The molecule has 0 amide bonds. The minimum absolute atomic E-state index is 0.483. The highest BCUT2D eigenvalue weighted by molar-refractivity contribution is 6.30. The fourth-order valence-corrected chi connectivity index (χ4v) is 2.92. The highest BCUT2D eigenvalue weighted by Crippen LogP contribution is 2.38. The van der Waals surface area contributed by atoms with E-state index >= 15 is 0 Å².